The van der Waals surface area contributed by atoms with E-state index in [9.17, 15) is 72.3 Å². The zero-order valence-corrected chi connectivity index (χ0v) is 43.0. The molecule has 398 valence electrons. The number of hydrogen-bond acceptors (Lipinski definition) is 15. The van der Waals surface area contributed by atoms with Crippen molar-refractivity contribution in [3.63, 3.8) is 0 Å². The van der Waals surface area contributed by atoms with Crippen molar-refractivity contribution in [1.82, 2.24) is 0 Å². The lowest BCUT2D eigenvalue weighted by molar-refractivity contribution is -0.209. The molecule has 0 saturated heterocycles. The van der Waals surface area contributed by atoms with Crippen molar-refractivity contribution in [2.75, 3.05) is 13.2 Å². The third-order valence-corrected chi connectivity index (χ3v) is 13.7. The van der Waals surface area contributed by atoms with E-state index in [0.29, 0.717) is 12.8 Å². The summed E-state index contributed by atoms with van der Waals surface area (Å²) in [5.74, 6) is -1.39. The van der Waals surface area contributed by atoms with E-state index in [4.69, 9.17) is 18.5 Å². The first kappa shape index (κ1) is 64.3. The van der Waals surface area contributed by atoms with Crippen molar-refractivity contribution >= 4 is 43.2 Å². The molecule has 22 nitrogen and oxygen atoms in total. The summed E-state index contributed by atoms with van der Waals surface area (Å²) in [6.45, 7) is 2.75. The number of esters is 2. The molecule has 9 N–H and O–H groups in total. The topological polar surface area (TPSA) is 349 Å². The second-order valence-electron chi connectivity index (χ2n) is 17.3. The summed E-state index contributed by atoms with van der Waals surface area (Å²) in [6.07, 6.45) is 10.4. The van der Waals surface area contributed by atoms with Gasteiger partial charge in [0.2, 0.25) is 0 Å². The van der Waals surface area contributed by atoms with E-state index in [1.807, 2.05) is 0 Å². The molecule has 0 aromatic rings. The molecular formula is C41H82O22P4. The Bertz CT molecular complexity index is 1480. The summed E-state index contributed by atoms with van der Waals surface area (Å²) in [7, 11) is -23.0. The number of carbonyl (C=O) groups excluding carboxylic acids is 2. The lowest BCUT2D eigenvalue weighted by Gasteiger charge is -2.45. The van der Waals surface area contributed by atoms with Crippen molar-refractivity contribution in [2.45, 2.75) is 236 Å². The summed E-state index contributed by atoms with van der Waals surface area (Å²) in [5.41, 5.74) is 0. The van der Waals surface area contributed by atoms with Crippen LogP contribution in [0, 0.1) is 0 Å². The molecule has 4 unspecified atom stereocenters. The van der Waals surface area contributed by atoms with Crippen LogP contribution in [-0.2, 0) is 59.9 Å². The minimum absolute atomic E-state index is 0.0414. The van der Waals surface area contributed by atoms with E-state index >= 15 is 0 Å². The molecule has 0 spiro atoms. The predicted octanol–water partition coefficient (Wildman–Crippen LogP) is 8.08. The summed E-state index contributed by atoms with van der Waals surface area (Å²) < 4.78 is 82.1. The van der Waals surface area contributed by atoms with Crippen LogP contribution in [0.25, 0.3) is 0 Å². The largest absolute Gasteiger partial charge is 0.472 e. The molecule has 0 aliphatic heterocycles. The van der Waals surface area contributed by atoms with Gasteiger partial charge in [-0.05, 0) is 12.8 Å². The minimum atomic E-state index is -5.78. The van der Waals surface area contributed by atoms with Gasteiger partial charge in [-0.1, -0.05) is 168 Å². The Morgan fingerprint density at radius 1 is 0.418 bits per heavy atom. The Kier molecular flexibility index (Phi) is 34.0. The maximum atomic E-state index is 13.3. The Labute approximate surface area is 396 Å². The number of rotatable bonds is 42. The highest BCUT2D eigenvalue weighted by atomic mass is 31.2. The lowest BCUT2D eigenvalue weighted by atomic mass is 9.85. The molecule has 26 heteroatoms. The average Bonchev–Trinajstić information content (AvgIpc) is 3.22. The Balaban J connectivity index is 2.91. The monoisotopic (exact) mass is 1050 g/mol. The van der Waals surface area contributed by atoms with Crippen molar-refractivity contribution in [1.29, 1.82) is 0 Å². The van der Waals surface area contributed by atoms with Gasteiger partial charge in [0.25, 0.3) is 0 Å². The number of carbonyl (C=O) groups is 2. The van der Waals surface area contributed by atoms with Gasteiger partial charge in [0.1, 0.15) is 43.2 Å². The maximum Gasteiger partial charge on any atom is 0.472 e. The van der Waals surface area contributed by atoms with Gasteiger partial charge < -0.3 is 53.9 Å². The molecule has 0 radical (unpaired) electrons. The molecule has 1 fully saturated rings. The van der Waals surface area contributed by atoms with Gasteiger partial charge in [0.05, 0.1) is 6.61 Å². The van der Waals surface area contributed by atoms with Gasteiger partial charge in [-0.25, -0.2) is 18.3 Å². The van der Waals surface area contributed by atoms with E-state index in [1.165, 1.54) is 89.9 Å². The van der Waals surface area contributed by atoms with Crippen LogP contribution >= 0.6 is 31.3 Å². The molecule has 8 atom stereocenters. The Morgan fingerprint density at radius 3 is 1.07 bits per heavy atom. The van der Waals surface area contributed by atoms with Crippen LogP contribution < -0.4 is 0 Å². The first-order valence-corrected chi connectivity index (χ1v) is 30.2. The SMILES string of the molecule is CCCCCCCCCCCCCCCC(=O)OCC(COP(=O)(O)OC1[C@H](O)[C@H](OP(=O)(O)O)C(OP(=O)(O)O)[C@H](OP(=O)(O)O)[C@H]1O)OC(=O)CCCCCCCCCCCCCCC. The highest BCUT2D eigenvalue weighted by Crippen LogP contribution is 2.53. The fourth-order valence-electron chi connectivity index (χ4n) is 7.67. The fraction of sp³-hybridized carbons (Fsp3) is 0.951. The molecule has 1 rings (SSSR count). The van der Waals surface area contributed by atoms with Gasteiger partial charge in [0.15, 0.2) is 6.10 Å². The number of phosphoric ester groups is 4. The predicted molar refractivity (Wildman–Crippen MR) is 245 cm³/mol. The average molecular weight is 1050 g/mol. The van der Waals surface area contributed by atoms with Crippen LogP contribution in [-0.4, -0.2) is 112 Å². The van der Waals surface area contributed by atoms with Crippen LogP contribution in [0.1, 0.15) is 194 Å². The number of ether oxygens (including phenoxy) is 2. The molecule has 67 heavy (non-hydrogen) atoms. The first-order valence-electron chi connectivity index (χ1n) is 24.1. The smallest absolute Gasteiger partial charge is 0.462 e. The third kappa shape index (κ3) is 33.6. The van der Waals surface area contributed by atoms with Gasteiger partial charge in [-0.3, -0.25) is 32.2 Å². The molecule has 1 aliphatic carbocycles. The van der Waals surface area contributed by atoms with E-state index < -0.39 is 99.2 Å². The second kappa shape index (κ2) is 35.4. The third-order valence-electron chi connectivity index (χ3n) is 11.1. The molecule has 0 aromatic heterocycles. The summed E-state index contributed by atoms with van der Waals surface area (Å²) in [5, 5.41) is 21.8. The summed E-state index contributed by atoms with van der Waals surface area (Å²) >= 11 is 0. The van der Waals surface area contributed by atoms with Crippen molar-refractivity contribution in [2.24, 2.45) is 0 Å². The van der Waals surface area contributed by atoms with Crippen LogP contribution in [0.4, 0.5) is 0 Å². The Morgan fingerprint density at radius 2 is 0.731 bits per heavy atom. The fourth-order valence-corrected chi connectivity index (χ4v) is 10.3. The molecule has 0 aromatic carbocycles. The number of unbranched alkanes of at least 4 members (excludes halogenated alkanes) is 24. The molecule has 0 bridgehead atoms. The highest BCUT2D eigenvalue weighted by molar-refractivity contribution is 7.47. The molecule has 0 heterocycles. The second-order valence-corrected chi connectivity index (χ2v) is 22.3. The van der Waals surface area contributed by atoms with Crippen LogP contribution in [0.2, 0.25) is 0 Å². The van der Waals surface area contributed by atoms with E-state index in [-0.39, 0.29) is 12.8 Å². The number of aliphatic hydroxyl groups excluding tert-OH is 2. The molecule has 1 saturated carbocycles. The van der Waals surface area contributed by atoms with Crippen LogP contribution in [0.15, 0.2) is 0 Å². The van der Waals surface area contributed by atoms with Gasteiger partial charge in [-0.2, -0.15) is 0 Å². The van der Waals surface area contributed by atoms with E-state index in [1.54, 1.807) is 0 Å². The summed E-state index contributed by atoms with van der Waals surface area (Å²) in [4.78, 5) is 92.7. The van der Waals surface area contributed by atoms with Crippen molar-refractivity contribution in [3.05, 3.63) is 0 Å². The number of phosphoric acid groups is 4. The molecule has 0 amide bonds. The van der Waals surface area contributed by atoms with Crippen molar-refractivity contribution in [3.8, 4) is 0 Å². The maximum absolute atomic E-state index is 13.3. The highest BCUT2D eigenvalue weighted by Gasteiger charge is 2.59. The molecular weight excluding hydrogens is 968 g/mol. The van der Waals surface area contributed by atoms with Gasteiger partial charge in [-0.15, -0.1) is 0 Å². The van der Waals surface area contributed by atoms with Gasteiger partial charge in [0, 0.05) is 12.8 Å². The zero-order valence-electron chi connectivity index (χ0n) is 39.4. The van der Waals surface area contributed by atoms with Gasteiger partial charge >= 0.3 is 43.2 Å². The zero-order chi connectivity index (χ0) is 50.4. The summed E-state index contributed by atoms with van der Waals surface area (Å²) in [6, 6.07) is 0. The van der Waals surface area contributed by atoms with E-state index in [2.05, 4.69) is 27.4 Å². The number of aliphatic hydroxyl groups is 2. The minimum Gasteiger partial charge on any atom is -0.462 e. The van der Waals surface area contributed by atoms with Crippen molar-refractivity contribution < 1.29 is 104 Å². The number of hydrogen-bond donors (Lipinski definition) is 9. The van der Waals surface area contributed by atoms with Crippen LogP contribution in [0.3, 0.4) is 0 Å². The van der Waals surface area contributed by atoms with E-state index in [0.717, 1.165) is 64.2 Å². The molecule has 1 aliphatic rings. The normalized spacial score (nSPS) is 21.8. The van der Waals surface area contributed by atoms with Crippen LogP contribution in [0.5, 0.6) is 0 Å². The first-order chi connectivity index (χ1) is 31.5. The standard InChI is InChI=1S/C41H82O22P4/c1-3-5-7-9-11-13-15-17-19-21-23-25-27-29-34(42)57-31-33(59-35(43)30-28-26-24-22-20-18-16-14-12-10-8-6-4-2)32-58-67(55,56)63-38-36(44)39(60-64(46,47)48)41(62-66(52,53)54)40(37(38)45)61-65(49,50)51/h33,36-41,44-45H,3-32H2,1-2H3,(H,55,56)(H2,46,47,48)(H2,49,50,51)(H2,52,53,54)/t33?,36-,37-,38?,39-,40+,41?/m0/s1. The quantitative estimate of drug-likeness (QED) is 0.0158. The Hall–Kier alpha value is -0.700. The lowest BCUT2D eigenvalue weighted by Crippen LogP contribution is -2.65.